The summed E-state index contributed by atoms with van der Waals surface area (Å²) in [6.07, 6.45) is 1.79. The first kappa shape index (κ1) is 15.9. The molecule has 27 heavy (non-hydrogen) atoms. The van der Waals surface area contributed by atoms with Gasteiger partial charge in [-0.2, -0.15) is 5.26 Å². The molecular formula is C23H18N2O2. The summed E-state index contributed by atoms with van der Waals surface area (Å²) in [7, 11) is 1.64. The van der Waals surface area contributed by atoms with E-state index in [1.165, 1.54) is 0 Å². The van der Waals surface area contributed by atoms with Crippen LogP contribution in [0.3, 0.4) is 0 Å². The second-order valence-corrected chi connectivity index (χ2v) is 7.29. The van der Waals surface area contributed by atoms with Crippen LogP contribution >= 0.6 is 0 Å². The lowest BCUT2D eigenvalue weighted by Gasteiger charge is -2.19. The zero-order chi connectivity index (χ0) is 18.6. The molecule has 5 rings (SSSR count). The van der Waals surface area contributed by atoms with Gasteiger partial charge in [0.05, 0.1) is 30.8 Å². The molecule has 0 saturated heterocycles. The molecule has 1 aliphatic heterocycles. The van der Waals surface area contributed by atoms with E-state index in [9.17, 15) is 10.1 Å². The Kier molecular flexibility index (Phi) is 3.29. The van der Waals surface area contributed by atoms with Gasteiger partial charge in [-0.05, 0) is 53.6 Å². The lowest BCUT2D eigenvalue weighted by molar-refractivity contribution is 0.0991. The molecule has 0 aromatic heterocycles. The molecular weight excluding hydrogens is 336 g/mol. The van der Waals surface area contributed by atoms with Gasteiger partial charge in [0, 0.05) is 10.9 Å². The molecule has 0 bridgehead atoms. The first-order valence-electron chi connectivity index (χ1n) is 9.09. The molecule has 1 saturated carbocycles. The van der Waals surface area contributed by atoms with E-state index < -0.39 is 0 Å². The van der Waals surface area contributed by atoms with Gasteiger partial charge in [-0.15, -0.1) is 0 Å². The van der Waals surface area contributed by atoms with Crippen LogP contribution in [0.15, 0.2) is 54.6 Å². The number of hydrogen-bond acceptors (Lipinski definition) is 3. The van der Waals surface area contributed by atoms with Crippen molar-refractivity contribution in [2.45, 2.75) is 24.8 Å². The molecule has 1 amide bonds. The third-order valence-corrected chi connectivity index (χ3v) is 5.76. The molecule has 3 aromatic rings. The van der Waals surface area contributed by atoms with E-state index >= 15 is 0 Å². The normalized spacial score (nSPS) is 16.4. The van der Waals surface area contributed by atoms with Crippen LogP contribution in [0.25, 0.3) is 10.8 Å². The number of carbonyl (C=O) groups excluding carboxylic acids is 1. The van der Waals surface area contributed by atoms with Crippen molar-refractivity contribution in [3.05, 3.63) is 71.3 Å². The van der Waals surface area contributed by atoms with E-state index in [0.717, 1.165) is 51.7 Å². The zero-order valence-corrected chi connectivity index (χ0v) is 15.0. The number of amides is 1. The first-order chi connectivity index (χ1) is 13.2. The molecule has 4 heteroatoms. The third kappa shape index (κ3) is 2.25. The van der Waals surface area contributed by atoms with E-state index in [-0.39, 0.29) is 11.3 Å². The van der Waals surface area contributed by atoms with Gasteiger partial charge in [-0.3, -0.25) is 4.79 Å². The summed E-state index contributed by atoms with van der Waals surface area (Å²) in [5.74, 6) is 0.818. The number of methoxy groups -OCH3 is 1. The Morgan fingerprint density at radius 3 is 2.56 bits per heavy atom. The minimum absolute atomic E-state index is 0.0189. The summed E-state index contributed by atoms with van der Waals surface area (Å²) in [6.45, 7) is 0.509. The lowest BCUT2D eigenvalue weighted by Crippen LogP contribution is -2.26. The van der Waals surface area contributed by atoms with Crippen molar-refractivity contribution in [1.29, 1.82) is 5.26 Å². The standard InChI is InChI=1S/C23H18N2O2/c1-27-16-7-5-15(6-8-16)13-25-20-10-9-19(23(14-24)11-12-23)17-3-2-4-18(21(17)20)22(25)26/h2-10H,11-13H2,1H3. The van der Waals surface area contributed by atoms with E-state index in [1.54, 1.807) is 7.11 Å². The average Bonchev–Trinajstić information content (AvgIpc) is 3.47. The molecule has 4 nitrogen and oxygen atoms in total. The SMILES string of the molecule is COc1ccc(CN2C(=O)c3cccc4c(C5(C#N)CC5)ccc2c34)cc1. The van der Waals surface area contributed by atoms with Gasteiger partial charge in [0.1, 0.15) is 5.75 Å². The number of carbonyl (C=O) groups is 1. The number of nitrogens with zero attached hydrogens (tertiary/aromatic N) is 2. The van der Waals surface area contributed by atoms with Crippen LogP contribution in [-0.2, 0) is 12.0 Å². The molecule has 1 aliphatic carbocycles. The van der Waals surface area contributed by atoms with Crippen LogP contribution in [-0.4, -0.2) is 13.0 Å². The summed E-state index contributed by atoms with van der Waals surface area (Å²) in [5, 5.41) is 11.6. The van der Waals surface area contributed by atoms with Crippen molar-refractivity contribution in [3.8, 4) is 11.8 Å². The number of hydrogen-bond donors (Lipinski definition) is 0. The topological polar surface area (TPSA) is 53.3 Å². The van der Waals surface area contributed by atoms with Crippen LogP contribution in [0.1, 0.15) is 34.3 Å². The van der Waals surface area contributed by atoms with Crippen molar-refractivity contribution >= 4 is 22.4 Å². The van der Waals surface area contributed by atoms with E-state index in [4.69, 9.17) is 4.74 Å². The van der Waals surface area contributed by atoms with Gasteiger partial charge in [0.2, 0.25) is 0 Å². The molecule has 0 atom stereocenters. The minimum Gasteiger partial charge on any atom is -0.497 e. The summed E-state index contributed by atoms with van der Waals surface area (Å²) in [6, 6.07) is 20.2. The van der Waals surface area contributed by atoms with Crippen LogP contribution < -0.4 is 9.64 Å². The third-order valence-electron chi connectivity index (χ3n) is 5.76. The summed E-state index contributed by atoms with van der Waals surface area (Å²) in [5.41, 5.74) is 3.39. The Balaban J connectivity index is 1.60. The molecule has 0 unspecified atom stereocenters. The molecule has 1 heterocycles. The zero-order valence-electron chi connectivity index (χ0n) is 15.0. The van der Waals surface area contributed by atoms with E-state index in [2.05, 4.69) is 6.07 Å². The van der Waals surface area contributed by atoms with Gasteiger partial charge in [-0.1, -0.05) is 30.3 Å². The molecule has 132 valence electrons. The molecule has 0 radical (unpaired) electrons. The van der Waals surface area contributed by atoms with Crippen molar-refractivity contribution in [2.75, 3.05) is 12.0 Å². The summed E-state index contributed by atoms with van der Waals surface area (Å²) in [4.78, 5) is 14.9. The van der Waals surface area contributed by atoms with Crippen LogP contribution in [0.4, 0.5) is 5.69 Å². The van der Waals surface area contributed by atoms with E-state index in [0.29, 0.717) is 6.54 Å². The van der Waals surface area contributed by atoms with Crippen LogP contribution in [0.5, 0.6) is 5.75 Å². The summed E-state index contributed by atoms with van der Waals surface area (Å²) >= 11 is 0. The highest BCUT2D eigenvalue weighted by Gasteiger charge is 2.46. The predicted octanol–water partition coefficient (Wildman–Crippen LogP) is 4.56. The number of benzene rings is 3. The molecule has 3 aromatic carbocycles. The number of anilines is 1. The van der Waals surface area contributed by atoms with Gasteiger partial charge < -0.3 is 9.64 Å². The fourth-order valence-corrected chi connectivity index (χ4v) is 4.10. The summed E-state index contributed by atoms with van der Waals surface area (Å²) < 4.78 is 5.21. The van der Waals surface area contributed by atoms with Crippen molar-refractivity contribution in [3.63, 3.8) is 0 Å². The maximum atomic E-state index is 13.1. The first-order valence-corrected chi connectivity index (χ1v) is 9.09. The van der Waals surface area contributed by atoms with Crippen molar-refractivity contribution in [1.82, 2.24) is 0 Å². The number of ether oxygens (including phenoxy) is 1. The Morgan fingerprint density at radius 1 is 1.11 bits per heavy atom. The van der Waals surface area contributed by atoms with Crippen LogP contribution in [0, 0.1) is 11.3 Å². The highest BCUT2D eigenvalue weighted by Crippen LogP contribution is 2.52. The largest absolute Gasteiger partial charge is 0.497 e. The maximum Gasteiger partial charge on any atom is 0.259 e. The Labute approximate surface area is 157 Å². The number of nitriles is 1. The molecule has 2 aliphatic rings. The quantitative estimate of drug-likeness (QED) is 0.690. The Morgan fingerprint density at radius 2 is 1.89 bits per heavy atom. The Bertz CT molecular complexity index is 1120. The van der Waals surface area contributed by atoms with Gasteiger partial charge in [0.25, 0.3) is 5.91 Å². The minimum atomic E-state index is -0.371. The highest BCUT2D eigenvalue weighted by atomic mass is 16.5. The smallest absolute Gasteiger partial charge is 0.259 e. The van der Waals surface area contributed by atoms with Gasteiger partial charge in [-0.25, -0.2) is 0 Å². The predicted molar refractivity (Wildman–Crippen MR) is 104 cm³/mol. The molecule has 0 spiro atoms. The Hall–Kier alpha value is -3.32. The van der Waals surface area contributed by atoms with E-state index in [1.807, 2.05) is 59.5 Å². The second kappa shape index (κ2) is 5.59. The maximum absolute atomic E-state index is 13.1. The van der Waals surface area contributed by atoms with Gasteiger partial charge >= 0.3 is 0 Å². The van der Waals surface area contributed by atoms with Crippen molar-refractivity contribution < 1.29 is 9.53 Å². The number of rotatable bonds is 4. The van der Waals surface area contributed by atoms with Crippen molar-refractivity contribution in [2.24, 2.45) is 0 Å². The van der Waals surface area contributed by atoms with Gasteiger partial charge in [0.15, 0.2) is 0 Å². The fourth-order valence-electron chi connectivity index (χ4n) is 4.10. The fraction of sp³-hybridized carbons (Fsp3) is 0.217. The van der Waals surface area contributed by atoms with Crippen LogP contribution in [0.2, 0.25) is 0 Å². The second-order valence-electron chi connectivity index (χ2n) is 7.29. The average molecular weight is 354 g/mol. The monoisotopic (exact) mass is 354 g/mol. The lowest BCUT2D eigenvalue weighted by atomic mass is 9.90. The highest BCUT2D eigenvalue weighted by molar-refractivity contribution is 6.25. The molecule has 1 fully saturated rings. The molecule has 0 N–H and O–H groups in total.